The van der Waals surface area contributed by atoms with Crippen LogP contribution < -0.4 is 0 Å². The third kappa shape index (κ3) is 0.789. The van der Waals surface area contributed by atoms with Crippen molar-refractivity contribution in [3.8, 4) is 0 Å². The zero-order valence-electron chi connectivity index (χ0n) is 6.59. The quantitative estimate of drug-likeness (QED) is 0.474. The highest BCUT2D eigenvalue weighted by molar-refractivity contribution is 5.00. The Morgan fingerprint density at radius 2 is 2.10 bits per heavy atom. The first-order valence-electron chi connectivity index (χ1n) is 4.00. The lowest BCUT2D eigenvalue weighted by atomic mass is 9.86. The van der Waals surface area contributed by atoms with Gasteiger partial charge >= 0.3 is 0 Å². The Balaban J connectivity index is 2.07. The van der Waals surface area contributed by atoms with Crippen molar-refractivity contribution in [3.63, 3.8) is 0 Å². The molecule has 0 bridgehead atoms. The minimum atomic E-state index is 0.234. The Hall–Kier alpha value is -0.0800. The first-order chi connectivity index (χ1) is 4.75. The molecule has 0 amide bonds. The third-order valence-electron chi connectivity index (χ3n) is 2.96. The van der Waals surface area contributed by atoms with Crippen molar-refractivity contribution in [2.75, 3.05) is 13.2 Å². The van der Waals surface area contributed by atoms with Crippen molar-refractivity contribution < 1.29 is 9.47 Å². The second-order valence-electron chi connectivity index (χ2n) is 3.47. The summed E-state index contributed by atoms with van der Waals surface area (Å²) >= 11 is 0. The van der Waals surface area contributed by atoms with E-state index in [1.54, 1.807) is 0 Å². The molecule has 2 aliphatic rings. The van der Waals surface area contributed by atoms with Crippen LogP contribution >= 0.6 is 0 Å². The van der Waals surface area contributed by atoms with Gasteiger partial charge in [-0.1, -0.05) is 6.92 Å². The lowest BCUT2D eigenvalue weighted by molar-refractivity contribution is -0.0510. The van der Waals surface area contributed by atoms with E-state index in [1.165, 1.54) is 0 Å². The summed E-state index contributed by atoms with van der Waals surface area (Å²) in [5, 5.41) is 0. The van der Waals surface area contributed by atoms with E-state index in [9.17, 15) is 0 Å². The van der Waals surface area contributed by atoms with Crippen molar-refractivity contribution in [2.24, 2.45) is 5.92 Å². The lowest BCUT2D eigenvalue weighted by Gasteiger charge is -2.31. The molecule has 3 unspecified atom stereocenters. The van der Waals surface area contributed by atoms with E-state index < -0.39 is 0 Å². The predicted molar refractivity (Wildman–Crippen MR) is 37.9 cm³/mol. The topological polar surface area (TPSA) is 21.8 Å². The monoisotopic (exact) mass is 142 g/mol. The molecule has 0 saturated carbocycles. The molecular weight excluding hydrogens is 128 g/mol. The van der Waals surface area contributed by atoms with Crippen molar-refractivity contribution in [3.05, 3.63) is 0 Å². The smallest absolute Gasteiger partial charge is 0.0988 e. The Morgan fingerprint density at radius 3 is 2.60 bits per heavy atom. The van der Waals surface area contributed by atoms with Gasteiger partial charge in [-0.2, -0.15) is 0 Å². The minimum Gasteiger partial charge on any atom is -0.378 e. The van der Waals surface area contributed by atoms with Gasteiger partial charge in [-0.15, -0.1) is 0 Å². The molecule has 0 radical (unpaired) electrons. The van der Waals surface area contributed by atoms with Gasteiger partial charge < -0.3 is 9.47 Å². The Morgan fingerprint density at radius 1 is 1.40 bits per heavy atom. The maximum Gasteiger partial charge on any atom is 0.0988 e. The SMILES string of the molecule is CC1OCCC2(CO2)C1C. The number of hydrogen-bond acceptors (Lipinski definition) is 2. The predicted octanol–water partition coefficient (Wildman–Crippen LogP) is 1.20. The summed E-state index contributed by atoms with van der Waals surface area (Å²) in [5.41, 5.74) is 0.234. The molecule has 1 spiro atoms. The molecular formula is C8H14O2. The van der Waals surface area contributed by atoms with Crippen molar-refractivity contribution in [2.45, 2.75) is 32.0 Å². The summed E-state index contributed by atoms with van der Waals surface area (Å²) in [6.45, 7) is 6.19. The normalized spacial score (nSPS) is 53.4. The van der Waals surface area contributed by atoms with E-state index in [-0.39, 0.29) is 5.60 Å². The van der Waals surface area contributed by atoms with E-state index in [1.807, 2.05) is 0 Å². The van der Waals surface area contributed by atoms with Crippen molar-refractivity contribution >= 4 is 0 Å². The number of rotatable bonds is 0. The van der Waals surface area contributed by atoms with Crippen LogP contribution in [0.25, 0.3) is 0 Å². The molecule has 2 nitrogen and oxygen atoms in total. The third-order valence-corrected chi connectivity index (χ3v) is 2.96. The summed E-state index contributed by atoms with van der Waals surface area (Å²) in [5.74, 6) is 0.584. The molecule has 2 saturated heterocycles. The zero-order chi connectivity index (χ0) is 7.19. The molecule has 0 aromatic heterocycles. The van der Waals surface area contributed by atoms with E-state index in [0.717, 1.165) is 19.6 Å². The molecule has 2 aliphatic heterocycles. The van der Waals surface area contributed by atoms with Gasteiger partial charge in [0.1, 0.15) is 0 Å². The van der Waals surface area contributed by atoms with Crippen molar-refractivity contribution in [1.29, 1.82) is 0 Å². The summed E-state index contributed by atoms with van der Waals surface area (Å²) in [6, 6.07) is 0. The molecule has 0 N–H and O–H groups in total. The van der Waals surface area contributed by atoms with Crippen LogP contribution in [0.15, 0.2) is 0 Å². The molecule has 0 aromatic carbocycles. The molecule has 0 aliphatic carbocycles. The number of ether oxygens (including phenoxy) is 2. The average molecular weight is 142 g/mol. The standard InChI is InChI=1S/C8H14O2/c1-6-7(2)9-4-3-8(6)5-10-8/h6-7H,3-5H2,1-2H3. The van der Waals surface area contributed by atoms with Gasteiger partial charge in [-0.05, 0) is 6.92 Å². The van der Waals surface area contributed by atoms with E-state index in [2.05, 4.69) is 13.8 Å². The maximum absolute atomic E-state index is 5.49. The second kappa shape index (κ2) is 1.95. The van der Waals surface area contributed by atoms with Gasteiger partial charge in [-0.3, -0.25) is 0 Å². The molecule has 3 atom stereocenters. The Bertz CT molecular complexity index is 140. The summed E-state index contributed by atoms with van der Waals surface area (Å²) < 4.78 is 10.9. The van der Waals surface area contributed by atoms with Gasteiger partial charge in [0, 0.05) is 18.9 Å². The molecule has 0 aromatic rings. The van der Waals surface area contributed by atoms with Gasteiger partial charge in [0.25, 0.3) is 0 Å². The van der Waals surface area contributed by atoms with Crippen LogP contribution in [0.2, 0.25) is 0 Å². The second-order valence-corrected chi connectivity index (χ2v) is 3.47. The zero-order valence-corrected chi connectivity index (χ0v) is 6.59. The van der Waals surface area contributed by atoms with Gasteiger partial charge in [-0.25, -0.2) is 0 Å². The molecule has 2 fully saturated rings. The first kappa shape index (κ1) is 6.62. The fraction of sp³-hybridized carbons (Fsp3) is 1.00. The highest BCUT2D eigenvalue weighted by atomic mass is 16.6. The van der Waals surface area contributed by atoms with Gasteiger partial charge in [0.05, 0.1) is 18.3 Å². The van der Waals surface area contributed by atoms with Crippen LogP contribution in [0.4, 0.5) is 0 Å². The number of epoxide rings is 1. The molecule has 58 valence electrons. The first-order valence-corrected chi connectivity index (χ1v) is 4.00. The number of hydrogen-bond donors (Lipinski definition) is 0. The van der Waals surface area contributed by atoms with Gasteiger partial charge in [0.15, 0.2) is 0 Å². The summed E-state index contributed by atoms with van der Waals surface area (Å²) in [6.07, 6.45) is 1.48. The highest BCUT2D eigenvalue weighted by Crippen LogP contribution is 2.43. The maximum atomic E-state index is 5.49. The lowest BCUT2D eigenvalue weighted by Crippen LogP contribution is -2.38. The molecule has 2 heteroatoms. The van der Waals surface area contributed by atoms with Crippen LogP contribution in [0.3, 0.4) is 0 Å². The van der Waals surface area contributed by atoms with Crippen LogP contribution in [0.1, 0.15) is 20.3 Å². The minimum absolute atomic E-state index is 0.234. The van der Waals surface area contributed by atoms with Crippen LogP contribution in [0.5, 0.6) is 0 Å². The van der Waals surface area contributed by atoms with E-state index >= 15 is 0 Å². The molecule has 10 heavy (non-hydrogen) atoms. The Labute approximate surface area is 61.5 Å². The Kier molecular flexibility index (Phi) is 1.29. The van der Waals surface area contributed by atoms with Crippen LogP contribution in [0, 0.1) is 5.92 Å². The van der Waals surface area contributed by atoms with Crippen molar-refractivity contribution in [1.82, 2.24) is 0 Å². The highest BCUT2D eigenvalue weighted by Gasteiger charge is 2.53. The fourth-order valence-corrected chi connectivity index (χ4v) is 1.72. The average Bonchev–Trinajstić information content (AvgIpc) is 2.65. The largest absolute Gasteiger partial charge is 0.378 e. The summed E-state index contributed by atoms with van der Waals surface area (Å²) in [4.78, 5) is 0. The summed E-state index contributed by atoms with van der Waals surface area (Å²) in [7, 11) is 0. The molecule has 2 heterocycles. The van der Waals surface area contributed by atoms with Gasteiger partial charge in [0.2, 0.25) is 0 Å². The fourth-order valence-electron chi connectivity index (χ4n) is 1.72. The van der Waals surface area contributed by atoms with E-state index in [0.29, 0.717) is 12.0 Å². The van der Waals surface area contributed by atoms with E-state index in [4.69, 9.17) is 9.47 Å². The molecule has 2 rings (SSSR count). The van der Waals surface area contributed by atoms with Crippen LogP contribution in [-0.4, -0.2) is 24.9 Å². The van der Waals surface area contributed by atoms with Crippen LogP contribution in [-0.2, 0) is 9.47 Å².